The first-order valence-electron chi connectivity index (χ1n) is 7.34. The van der Waals surface area contributed by atoms with Gasteiger partial charge in [-0.15, -0.1) is 0 Å². The molecule has 0 bridgehead atoms. The number of sulfonamides is 1. The summed E-state index contributed by atoms with van der Waals surface area (Å²) in [4.78, 5) is 4.24. The Morgan fingerprint density at radius 1 is 1.08 bits per heavy atom. The van der Waals surface area contributed by atoms with Crippen LogP contribution < -0.4 is 4.72 Å². The van der Waals surface area contributed by atoms with Gasteiger partial charge in [0.1, 0.15) is 0 Å². The number of aromatic nitrogens is 2. The van der Waals surface area contributed by atoms with E-state index in [0.717, 1.165) is 5.56 Å². The second-order valence-electron chi connectivity index (χ2n) is 5.24. The Hall–Kier alpha value is -2.15. The fourth-order valence-electron chi connectivity index (χ4n) is 2.41. The molecule has 5 nitrogen and oxygen atoms in total. The zero-order chi connectivity index (χ0) is 17.0. The maximum absolute atomic E-state index is 12.5. The molecule has 1 unspecified atom stereocenters. The van der Waals surface area contributed by atoms with Gasteiger partial charge in [-0.3, -0.25) is 0 Å². The summed E-state index contributed by atoms with van der Waals surface area (Å²) >= 11 is 5.81. The van der Waals surface area contributed by atoms with Crippen LogP contribution in [0.2, 0.25) is 5.02 Å². The van der Waals surface area contributed by atoms with E-state index in [-0.39, 0.29) is 17.5 Å². The molecule has 0 aliphatic carbocycles. The van der Waals surface area contributed by atoms with Crippen LogP contribution in [0.25, 0.3) is 0 Å². The maximum Gasteiger partial charge on any atom is 0.240 e. The lowest BCUT2D eigenvalue weighted by molar-refractivity contribution is 0.542. The Labute approximate surface area is 146 Å². The van der Waals surface area contributed by atoms with Crippen molar-refractivity contribution in [3.05, 3.63) is 83.9 Å². The minimum Gasteiger partial charge on any atom is -0.329 e. The van der Waals surface area contributed by atoms with Crippen molar-refractivity contribution in [2.24, 2.45) is 0 Å². The second-order valence-corrected chi connectivity index (χ2v) is 7.45. The van der Waals surface area contributed by atoms with Crippen LogP contribution in [-0.2, 0) is 10.0 Å². The van der Waals surface area contributed by atoms with Gasteiger partial charge in [-0.2, -0.15) is 0 Å². The Balaban J connectivity index is 1.82. The number of hydrogen-bond acceptors (Lipinski definition) is 3. The average molecular weight is 362 g/mol. The fraction of sp³-hybridized carbons (Fsp3) is 0.118. The molecule has 0 aliphatic rings. The monoisotopic (exact) mass is 361 g/mol. The summed E-state index contributed by atoms with van der Waals surface area (Å²) in [6.07, 6.45) is 5.16. The van der Waals surface area contributed by atoms with Gasteiger partial charge in [-0.25, -0.2) is 18.1 Å². The molecular weight excluding hydrogens is 346 g/mol. The molecule has 0 radical (unpaired) electrons. The Morgan fingerprint density at radius 2 is 1.79 bits per heavy atom. The van der Waals surface area contributed by atoms with E-state index >= 15 is 0 Å². The number of rotatable bonds is 6. The summed E-state index contributed by atoms with van der Waals surface area (Å²) in [6.45, 7) is 0.214. The van der Waals surface area contributed by atoms with Crippen LogP contribution in [0.4, 0.5) is 0 Å². The van der Waals surface area contributed by atoms with Crippen LogP contribution >= 0.6 is 11.6 Å². The van der Waals surface area contributed by atoms with Crippen molar-refractivity contribution in [3.8, 4) is 0 Å². The van der Waals surface area contributed by atoms with Crippen LogP contribution in [0.5, 0.6) is 0 Å². The number of hydrogen-bond donors (Lipinski definition) is 1. The molecule has 0 fully saturated rings. The Bertz CT molecular complexity index is 879. The molecule has 1 atom stereocenters. The van der Waals surface area contributed by atoms with Crippen molar-refractivity contribution in [2.45, 2.75) is 10.9 Å². The summed E-state index contributed by atoms with van der Waals surface area (Å²) < 4.78 is 29.5. The van der Waals surface area contributed by atoms with E-state index in [1.54, 1.807) is 24.7 Å². The maximum atomic E-state index is 12.5. The molecule has 0 saturated carbocycles. The minimum absolute atomic E-state index is 0.184. The van der Waals surface area contributed by atoms with Gasteiger partial charge in [0.15, 0.2) is 0 Å². The van der Waals surface area contributed by atoms with E-state index in [2.05, 4.69) is 9.71 Å². The molecule has 3 aromatic rings. The molecule has 0 aliphatic heterocycles. The van der Waals surface area contributed by atoms with E-state index in [1.165, 1.54) is 12.1 Å². The average Bonchev–Trinajstić information content (AvgIpc) is 3.11. The van der Waals surface area contributed by atoms with Gasteiger partial charge in [-0.1, -0.05) is 41.9 Å². The summed E-state index contributed by atoms with van der Waals surface area (Å²) in [5.41, 5.74) is 0.995. The van der Waals surface area contributed by atoms with Crippen LogP contribution in [0, 0.1) is 0 Å². The topological polar surface area (TPSA) is 64.0 Å². The fourth-order valence-corrected chi connectivity index (χ4v) is 3.57. The quantitative estimate of drug-likeness (QED) is 0.733. The first kappa shape index (κ1) is 16.7. The molecule has 1 aromatic heterocycles. The zero-order valence-electron chi connectivity index (χ0n) is 12.7. The largest absolute Gasteiger partial charge is 0.329 e. The van der Waals surface area contributed by atoms with Gasteiger partial charge in [0.2, 0.25) is 10.0 Å². The number of halogens is 1. The lowest BCUT2D eigenvalue weighted by Crippen LogP contribution is -2.31. The number of imidazole rings is 1. The van der Waals surface area contributed by atoms with Crippen molar-refractivity contribution < 1.29 is 8.42 Å². The highest BCUT2D eigenvalue weighted by molar-refractivity contribution is 7.89. The molecule has 2 aromatic carbocycles. The Morgan fingerprint density at radius 3 is 2.42 bits per heavy atom. The SMILES string of the molecule is O=S(=O)(NCC(c1ccccc1)n1ccnc1)c1ccc(Cl)cc1. The third-order valence-corrected chi connectivity index (χ3v) is 5.35. The molecule has 0 saturated heterocycles. The van der Waals surface area contributed by atoms with Crippen LogP contribution in [0.3, 0.4) is 0 Å². The molecule has 24 heavy (non-hydrogen) atoms. The van der Waals surface area contributed by atoms with Crippen molar-refractivity contribution >= 4 is 21.6 Å². The molecule has 7 heteroatoms. The predicted molar refractivity (Wildman–Crippen MR) is 93.4 cm³/mol. The summed E-state index contributed by atoms with van der Waals surface area (Å²) in [7, 11) is -3.61. The van der Waals surface area contributed by atoms with E-state index in [4.69, 9.17) is 11.6 Å². The second kappa shape index (κ2) is 7.17. The smallest absolute Gasteiger partial charge is 0.240 e. The summed E-state index contributed by atoms with van der Waals surface area (Å²) in [5, 5.41) is 0.495. The number of nitrogens with zero attached hydrogens (tertiary/aromatic N) is 2. The zero-order valence-corrected chi connectivity index (χ0v) is 14.3. The van der Waals surface area contributed by atoms with Gasteiger partial charge in [-0.05, 0) is 29.8 Å². The predicted octanol–water partition coefficient (Wildman–Crippen LogP) is 3.10. The molecule has 124 valence electrons. The van der Waals surface area contributed by atoms with Gasteiger partial charge in [0.05, 0.1) is 17.3 Å². The van der Waals surface area contributed by atoms with Crippen LogP contribution in [0.1, 0.15) is 11.6 Å². The first-order valence-corrected chi connectivity index (χ1v) is 9.20. The van der Waals surface area contributed by atoms with Crippen molar-refractivity contribution in [1.82, 2.24) is 14.3 Å². The van der Waals surface area contributed by atoms with E-state index in [0.29, 0.717) is 5.02 Å². The van der Waals surface area contributed by atoms with E-state index < -0.39 is 10.0 Å². The third kappa shape index (κ3) is 3.84. The highest BCUT2D eigenvalue weighted by atomic mass is 35.5. The third-order valence-electron chi connectivity index (χ3n) is 3.66. The van der Waals surface area contributed by atoms with Crippen molar-refractivity contribution in [3.63, 3.8) is 0 Å². The molecular formula is C17H16ClN3O2S. The van der Waals surface area contributed by atoms with Gasteiger partial charge in [0, 0.05) is 24.0 Å². The standard InChI is InChI=1S/C17H16ClN3O2S/c18-15-6-8-16(9-7-15)24(22,23)20-12-17(21-11-10-19-13-21)14-4-2-1-3-5-14/h1-11,13,17,20H,12H2. The Kier molecular flexibility index (Phi) is 4.99. The molecule has 1 N–H and O–H groups in total. The van der Waals surface area contributed by atoms with Gasteiger partial charge >= 0.3 is 0 Å². The molecule has 3 rings (SSSR count). The van der Waals surface area contributed by atoms with E-state index in [1.807, 2.05) is 41.1 Å². The van der Waals surface area contributed by atoms with Crippen LogP contribution in [-0.4, -0.2) is 24.5 Å². The number of nitrogens with one attached hydrogen (secondary N) is 1. The minimum atomic E-state index is -3.61. The first-order chi connectivity index (χ1) is 11.6. The highest BCUT2D eigenvalue weighted by Gasteiger charge is 2.19. The number of benzene rings is 2. The normalized spacial score (nSPS) is 12.9. The van der Waals surface area contributed by atoms with E-state index in [9.17, 15) is 8.42 Å². The summed E-state index contributed by atoms with van der Waals surface area (Å²) in [6, 6.07) is 15.6. The molecule has 1 heterocycles. The van der Waals surface area contributed by atoms with Crippen LogP contribution in [0.15, 0.2) is 78.2 Å². The van der Waals surface area contributed by atoms with Crippen molar-refractivity contribution in [2.75, 3.05) is 6.54 Å². The highest BCUT2D eigenvalue weighted by Crippen LogP contribution is 2.19. The summed E-state index contributed by atoms with van der Waals surface area (Å²) in [5.74, 6) is 0. The van der Waals surface area contributed by atoms with Gasteiger partial charge in [0.25, 0.3) is 0 Å². The molecule has 0 spiro atoms. The molecule has 0 amide bonds. The lowest BCUT2D eigenvalue weighted by atomic mass is 10.1. The van der Waals surface area contributed by atoms with Crippen molar-refractivity contribution in [1.29, 1.82) is 0 Å². The van der Waals surface area contributed by atoms with Gasteiger partial charge < -0.3 is 4.57 Å². The lowest BCUT2D eigenvalue weighted by Gasteiger charge is -2.19.